The second-order valence-corrected chi connectivity index (χ2v) is 11.6. The molecule has 2 aliphatic heterocycles. The van der Waals surface area contributed by atoms with Crippen molar-refractivity contribution in [1.29, 1.82) is 0 Å². The van der Waals surface area contributed by atoms with Gasteiger partial charge in [-0.2, -0.15) is 5.10 Å². The van der Waals surface area contributed by atoms with Gasteiger partial charge in [0.2, 0.25) is 5.96 Å². The van der Waals surface area contributed by atoms with E-state index in [2.05, 4.69) is 15.4 Å². The quantitative estimate of drug-likeness (QED) is 0.645. The summed E-state index contributed by atoms with van der Waals surface area (Å²) in [5.41, 5.74) is 7.76. The van der Waals surface area contributed by atoms with Crippen molar-refractivity contribution in [3.05, 3.63) is 65.5 Å². The van der Waals surface area contributed by atoms with Gasteiger partial charge in [0.05, 0.1) is 40.1 Å². The van der Waals surface area contributed by atoms with E-state index in [1.165, 1.54) is 6.08 Å². The molecule has 5 rings (SSSR count). The molecule has 1 saturated carbocycles. The van der Waals surface area contributed by atoms with Crippen LogP contribution in [0.5, 0.6) is 0 Å². The van der Waals surface area contributed by atoms with Crippen LogP contribution in [0.4, 0.5) is 14.5 Å². The number of sulfone groups is 1. The Kier molecular flexibility index (Phi) is 6.37. The number of pyridine rings is 1. The Morgan fingerprint density at radius 3 is 2.64 bits per heavy atom. The van der Waals surface area contributed by atoms with Crippen molar-refractivity contribution in [3.8, 4) is 0 Å². The molecule has 2 unspecified atom stereocenters. The van der Waals surface area contributed by atoms with Crippen molar-refractivity contribution < 1.29 is 17.2 Å². The maximum Gasteiger partial charge on any atom is 0.220 e. The topological polar surface area (TPSA) is 113 Å². The van der Waals surface area contributed by atoms with E-state index in [0.29, 0.717) is 11.9 Å². The van der Waals surface area contributed by atoms with Gasteiger partial charge in [-0.15, -0.1) is 0 Å². The molecule has 3 aliphatic rings. The fraction of sp³-hybridized carbons (Fsp3) is 0.400. The number of guanidine groups is 1. The monoisotopic (exact) mass is 514 g/mol. The molecule has 1 aliphatic carbocycles. The molecule has 4 atom stereocenters. The Morgan fingerprint density at radius 2 is 1.94 bits per heavy atom. The molecule has 0 spiro atoms. The van der Waals surface area contributed by atoms with Gasteiger partial charge in [-0.3, -0.25) is 4.98 Å². The first-order valence-electron chi connectivity index (χ1n) is 11.9. The molecule has 0 saturated heterocycles. The zero-order valence-electron chi connectivity index (χ0n) is 20.0. The number of hydrogen-bond donors (Lipinski definition) is 2. The van der Waals surface area contributed by atoms with E-state index >= 15 is 0 Å². The third-order valence-electron chi connectivity index (χ3n) is 6.94. The van der Waals surface area contributed by atoms with E-state index in [0.717, 1.165) is 55.3 Å². The molecule has 190 valence electrons. The Labute approximate surface area is 208 Å². The molecule has 11 heteroatoms. The first kappa shape index (κ1) is 24.5. The average molecular weight is 515 g/mol. The van der Waals surface area contributed by atoms with Crippen LogP contribution in [0.3, 0.4) is 0 Å². The minimum atomic E-state index is -3.77. The second-order valence-electron chi connectivity index (χ2n) is 9.62. The van der Waals surface area contributed by atoms with Gasteiger partial charge in [-0.25, -0.2) is 27.2 Å². The molecule has 1 aromatic heterocycles. The normalized spacial score (nSPS) is 25.9. The van der Waals surface area contributed by atoms with Crippen molar-refractivity contribution >= 4 is 27.2 Å². The van der Waals surface area contributed by atoms with Crippen LogP contribution in [-0.2, 0) is 9.84 Å². The standard InChI is InChI=1S/C25H28F2N6O2S/c1-14-23-7-6-21(24-19(26)11-17(12-20(24)27)36(2,34)35)32-33(23)25(30-14)31-22-13-29-9-8-18(22)15-4-3-5-16(28)10-15/h6-9,11-16,23H,3-5,10,28H2,1-2H3,(H,30,31)/t14?,15-,16+,23?/m1/s1. The summed E-state index contributed by atoms with van der Waals surface area (Å²) in [7, 11) is -3.77. The van der Waals surface area contributed by atoms with E-state index in [-0.39, 0.29) is 23.8 Å². The smallest absolute Gasteiger partial charge is 0.220 e. The number of nitrogens with one attached hydrogen (secondary N) is 1. The minimum absolute atomic E-state index is 0.0366. The van der Waals surface area contributed by atoms with Gasteiger partial charge in [0.25, 0.3) is 0 Å². The van der Waals surface area contributed by atoms with Crippen molar-refractivity contribution in [2.45, 2.75) is 61.5 Å². The molecule has 3 N–H and O–H groups in total. The minimum Gasteiger partial charge on any atom is -0.328 e. The van der Waals surface area contributed by atoms with E-state index in [1.807, 2.05) is 13.0 Å². The Bertz CT molecular complexity index is 1370. The molecule has 36 heavy (non-hydrogen) atoms. The third-order valence-corrected chi connectivity index (χ3v) is 8.03. The number of rotatable bonds is 4. The average Bonchev–Trinajstić information content (AvgIpc) is 3.13. The molecule has 0 radical (unpaired) electrons. The molecule has 0 bridgehead atoms. The van der Waals surface area contributed by atoms with E-state index in [9.17, 15) is 17.2 Å². The predicted octanol–water partition coefficient (Wildman–Crippen LogP) is 3.56. The van der Waals surface area contributed by atoms with Crippen LogP contribution in [0.2, 0.25) is 0 Å². The predicted molar refractivity (Wildman–Crippen MR) is 135 cm³/mol. The first-order valence-corrected chi connectivity index (χ1v) is 13.8. The van der Waals surface area contributed by atoms with Crippen molar-refractivity contribution in [3.63, 3.8) is 0 Å². The zero-order valence-corrected chi connectivity index (χ0v) is 20.8. The summed E-state index contributed by atoms with van der Waals surface area (Å²) in [5.74, 6) is -1.26. The second kappa shape index (κ2) is 9.36. The van der Waals surface area contributed by atoms with Gasteiger partial charge in [0.1, 0.15) is 11.6 Å². The highest BCUT2D eigenvalue weighted by molar-refractivity contribution is 7.90. The Hall–Kier alpha value is -3.18. The molecule has 8 nitrogen and oxygen atoms in total. The summed E-state index contributed by atoms with van der Waals surface area (Å²) in [5, 5.41) is 9.46. The molecular weight excluding hydrogens is 486 g/mol. The van der Waals surface area contributed by atoms with Gasteiger partial charge in [-0.05, 0) is 61.9 Å². The summed E-state index contributed by atoms with van der Waals surface area (Å²) in [6.07, 6.45) is 11.7. The van der Waals surface area contributed by atoms with E-state index in [4.69, 9.17) is 10.7 Å². The number of aliphatic imine (C=N–C) groups is 1. The summed E-state index contributed by atoms with van der Waals surface area (Å²) < 4.78 is 53.3. The number of halogens is 2. The van der Waals surface area contributed by atoms with Gasteiger partial charge >= 0.3 is 0 Å². The van der Waals surface area contributed by atoms with E-state index < -0.39 is 31.9 Å². The van der Waals surface area contributed by atoms with Gasteiger partial charge < -0.3 is 11.1 Å². The van der Waals surface area contributed by atoms with Crippen molar-refractivity contribution in [2.75, 3.05) is 11.6 Å². The fourth-order valence-corrected chi connectivity index (χ4v) is 5.73. The van der Waals surface area contributed by atoms with Gasteiger partial charge in [0, 0.05) is 18.5 Å². The highest BCUT2D eigenvalue weighted by atomic mass is 32.2. The Balaban J connectivity index is 1.46. The lowest BCUT2D eigenvalue weighted by molar-refractivity contribution is 0.373. The zero-order chi connectivity index (χ0) is 25.6. The number of allylic oxidation sites excluding steroid dienone is 1. The fourth-order valence-electron chi connectivity index (χ4n) is 5.10. The van der Waals surface area contributed by atoms with Crippen LogP contribution in [0.15, 0.2) is 57.7 Å². The van der Waals surface area contributed by atoms with Crippen molar-refractivity contribution in [2.24, 2.45) is 15.8 Å². The molecule has 3 heterocycles. The lowest BCUT2D eigenvalue weighted by Gasteiger charge is -2.30. The Morgan fingerprint density at radius 1 is 1.19 bits per heavy atom. The highest BCUT2D eigenvalue weighted by Gasteiger charge is 2.36. The number of nitrogens with two attached hydrogens (primary N) is 1. The van der Waals surface area contributed by atoms with Crippen LogP contribution in [0.1, 0.15) is 49.7 Å². The van der Waals surface area contributed by atoms with Crippen LogP contribution in [0.25, 0.3) is 0 Å². The lowest BCUT2D eigenvalue weighted by atomic mass is 9.81. The number of fused-ring (bicyclic) bond motifs is 1. The summed E-state index contributed by atoms with van der Waals surface area (Å²) in [6.45, 7) is 1.93. The summed E-state index contributed by atoms with van der Waals surface area (Å²) in [6, 6.07) is 3.39. The van der Waals surface area contributed by atoms with Crippen LogP contribution in [0, 0.1) is 11.6 Å². The lowest BCUT2D eigenvalue weighted by Crippen LogP contribution is -2.40. The van der Waals surface area contributed by atoms with Crippen LogP contribution < -0.4 is 11.1 Å². The molecule has 1 fully saturated rings. The van der Waals surface area contributed by atoms with Crippen LogP contribution >= 0.6 is 0 Å². The summed E-state index contributed by atoms with van der Waals surface area (Å²) >= 11 is 0. The number of benzene rings is 1. The number of nitrogens with zero attached hydrogens (tertiary/aromatic N) is 4. The SMILES string of the molecule is CC1N=C(Nc2cnccc2[C@@H]2CCC[C@H](N)C2)N2N=C(c3c(F)cc(S(C)(=O)=O)cc3F)C=CC12. The molecule has 0 amide bonds. The number of hydrogen-bond acceptors (Lipinski definition) is 8. The largest absolute Gasteiger partial charge is 0.328 e. The highest BCUT2D eigenvalue weighted by Crippen LogP contribution is 2.36. The maximum atomic E-state index is 14.9. The van der Waals surface area contributed by atoms with Crippen LogP contribution in [-0.4, -0.2) is 54.5 Å². The molecule has 2 aromatic rings. The number of hydrazone groups is 1. The van der Waals surface area contributed by atoms with Crippen molar-refractivity contribution in [1.82, 2.24) is 9.99 Å². The third kappa shape index (κ3) is 4.64. The number of aromatic nitrogens is 1. The van der Waals surface area contributed by atoms with Gasteiger partial charge in [-0.1, -0.05) is 12.5 Å². The first-order chi connectivity index (χ1) is 17.1. The van der Waals surface area contributed by atoms with Gasteiger partial charge in [0.15, 0.2) is 9.84 Å². The maximum absolute atomic E-state index is 14.9. The molecular formula is C25H28F2N6O2S. The summed E-state index contributed by atoms with van der Waals surface area (Å²) in [4.78, 5) is 8.55. The van der Waals surface area contributed by atoms with E-state index in [1.54, 1.807) is 23.5 Å². The molecule has 1 aromatic carbocycles. The number of anilines is 1.